The average Bonchev–Trinajstić information content (AvgIpc) is 2.49. The molecule has 3 N–H and O–H groups in total. The van der Waals surface area contributed by atoms with Crippen LogP contribution in [0.25, 0.3) is 0 Å². The molecule has 0 aliphatic rings. The van der Waals surface area contributed by atoms with Crippen molar-refractivity contribution in [2.24, 2.45) is 0 Å². The number of aliphatic hydroxyl groups is 1. The van der Waals surface area contributed by atoms with E-state index in [1.54, 1.807) is 25.3 Å². The maximum Gasteiger partial charge on any atom is 0.221 e. The second-order valence-corrected chi connectivity index (χ2v) is 5.06. The van der Waals surface area contributed by atoms with Gasteiger partial charge in [-0.25, -0.2) is 0 Å². The summed E-state index contributed by atoms with van der Waals surface area (Å²) in [7, 11) is 1.57. The maximum atomic E-state index is 11.1. The van der Waals surface area contributed by atoms with Crippen molar-refractivity contribution in [3.8, 4) is 5.75 Å². The first-order valence-electron chi connectivity index (χ1n) is 7.52. The zero-order chi connectivity index (χ0) is 16.4. The molecule has 1 rings (SSSR count). The summed E-state index contributed by atoms with van der Waals surface area (Å²) in [4.78, 5) is 11.1. The average molecular weight is 310 g/mol. The molecule has 0 aliphatic heterocycles. The molecule has 1 amide bonds. The molecule has 0 aromatic heterocycles. The second-order valence-electron chi connectivity index (χ2n) is 5.06. The van der Waals surface area contributed by atoms with Crippen molar-refractivity contribution in [3.05, 3.63) is 18.2 Å². The molecule has 124 valence electrons. The van der Waals surface area contributed by atoms with Crippen LogP contribution in [0.3, 0.4) is 0 Å². The molecule has 1 aromatic rings. The third-order valence-corrected chi connectivity index (χ3v) is 3.00. The van der Waals surface area contributed by atoms with E-state index in [0.29, 0.717) is 36.9 Å². The van der Waals surface area contributed by atoms with E-state index in [2.05, 4.69) is 17.6 Å². The molecule has 0 saturated carbocycles. The van der Waals surface area contributed by atoms with Crippen LogP contribution < -0.4 is 15.4 Å². The van der Waals surface area contributed by atoms with Gasteiger partial charge < -0.3 is 25.2 Å². The lowest BCUT2D eigenvalue weighted by molar-refractivity contribution is -0.114. The number of amides is 1. The number of methoxy groups -OCH3 is 1. The fraction of sp³-hybridized carbons (Fsp3) is 0.562. The van der Waals surface area contributed by atoms with Crippen LogP contribution in [0.2, 0.25) is 0 Å². The van der Waals surface area contributed by atoms with E-state index >= 15 is 0 Å². The number of unbranched alkanes of at least 4 members (excludes halogenated alkanes) is 1. The molecule has 6 heteroatoms. The minimum Gasteiger partial charge on any atom is -0.495 e. The smallest absolute Gasteiger partial charge is 0.221 e. The Kier molecular flexibility index (Phi) is 8.32. The Balaban J connectivity index is 2.53. The SMILES string of the molecule is CCCCOCC(O)CNc1cc(NC(C)=O)ccc1OC. The summed E-state index contributed by atoms with van der Waals surface area (Å²) >= 11 is 0. The summed E-state index contributed by atoms with van der Waals surface area (Å²) in [5.41, 5.74) is 1.38. The summed E-state index contributed by atoms with van der Waals surface area (Å²) in [6, 6.07) is 5.29. The summed E-state index contributed by atoms with van der Waals surface area (Å²) < 4.78 is 10.6. The van der Waals surface area contributed by atoms with E-state index in [9.17, 15) is 9.90 Å². The van der Waals surface area contributed by atoms with Gasteiger partial charge in [-0.2, -0.15) is 0 Å². The molecule has 1 atom stereocenters. The van der Waals surface area contributed by atoms with Gasteiger partial charge in [0, 0.05) is 25.8 Å². The number of hydrogen-bond acceptors (Lipinski definition) is 5. The summed E-state index contributed by atoms with van der Waals surface area (Å²) in [5.74, 6) is 0.508. The molecule has 0 aliphatic carbocycles. The Hall–Kier alpha value is -1.79. The van der Waals surface area contributed by atoms with Crippen LogP contribution >= 0.6 is 0 Å². The number of carbonyl (C=O) groups excluding carboxylic acids is 1. The summed E-state index contributed by atoms with van der Waals surface area (Å²) in [5, 5.41) is 15.7. The van der Waals surface area contributed by atoms with Gasteiger partial charge in [0.05, 0.1) is 25.5 Å². The first-order valence-corrected chi connectivity index (χ1v) is 7.52. The van der Waals surface area contributed by atoms with Crippen molar-refractivity contribution in [1.82, 2.24) is 0 Å². The minimum atomic E-state index is -0.606. The minimum absolute atomic E-state index is 0.138. The van der Waals surface area contributed by atoms with Crippen LogP contribution in [-0.2, 0) is 9.53 Å². The highest BCUT2D eigenvalue weighted by molar-refractivity contribution is 5.89. The number of ether oxygens (including phenoxy) is 2. The Morgan fingerprint density at radius 3 is 2.82 bits per heavy atom. The normalized spacial score (nSPS) is 11.8. The van der Waals surface area contributed by atoms with Crippen LogP contribution in [0.15, 0.2) is 18.2 Å². The number of aliphatic hydroxyl groups excluding tert-OH is 1. The zero-order valence-corrected chi connectivity index (χ0v) is 13.5. The molecule has 0 spiro atoms. The van der Waals surface area contributed by atoms with Crippen LogP contribution in [0.5, 0.6) is 5.75 Å². The predicted octanol–water partition coefficient (Wildman–Crippen LogP) is 2.24. The molecular formula is C16H26N2O4. The highest BCUT2D eigenvalue weighted by atomic mass is 16.5. The van der Waals surface area contributed by atoms with Crippen molar-refractivity contribution in [2.45, 2.75) is 32.8 Å². The molecule has 0 saturated heterocycles. The fourth-order valence-corrected chi connectivity index (χ4v) is 1.88. The van der Waals surface area contributed by atoms with Crippen molar-refractivity contribution >= 4 is 17.3 Å². The molecule has 6 nitrogen and oxygen atoms in total. The van der Waals surface area contributed by atoms with Crippen molar-refractivity contribution < 1.29 is 19.4 Å². The first-order chi connectivity index (χ1) is 10.6. The topological polar surface area (TPSA) is 79.8 Å². The van der Waals surface area contributed by atoms with Gasteiger partial charge in [0.1, 0.15) is 5.75 Å². The molecule has 22 heavy (non-hydrogen) atoms. The molecule has 0 fully saturated rings. The third-order valence-electron chi connectivity index (χ3n) is 3.00. The number of hydrogen-bond donors (Lipinski definition) is 3. The molecular weight excluding hydrogens is 284 g/mol. The van der Waals surface area contributed by atoms with Crippen LogP contribution in [0.1, 0.15) is 26.7 Å². The van der Waals surface area contributed by atoms with Gasteiger partial charge in [0.15, 0.2) is 0 Å². The van der Waals surface area contributed by atoms with Gasteiger partial charge in [-0.3, -0.25) is 4.79 Å². The number of anilines is 2. The van der Waals surface area contributed by atoms with Gasteiger partial charge in [0.25, 0.3) is 0 Å². The van der Waals surface area contributed by atoms with Crippen molar-refractivity contribution in [3.63, 3.8) is 0 Å². The maximum absolute atomic E-state index is 11.1. The van der Waals surface area contributed by atoms with Crippen LogP contribution in [0, 0.1) is 0 Å². The molecule has 0 bridgehead atoms. The molecule has 1 aromatic carbocycles. The van der Waals surface area contributed by atoms with Crippen molar-refractivity contribution in [2.75, 3.05) is 37.5 Å². The summed E-state index contributed by atoms with van der Waals surface area (Å²) in [6.07, 6.45) is 1.46. The standard InChI is InChI=1S/C16H26N2O4/c1-4-5-8-22-11-14(20)10-17-15-9-13(18-12(2)19)6-7-16(15)21-3/h6-7,9,14,17,20H,4-5,8,10-11H2,1-3H3,(H,18,19). The Morgan fingerprint density at radius 1 is 1.41 bits per heavy atom. The zero-order valence-electron chi connectivity index (χ0n) is 13.5. The van der Waals surface area contributed by atoms with Crippen LogP contribution in [0.4, 0.5) is 11.4 Å². The van der Waals surface area contributed by atoms with Gasteiger partial charge >= 0.3 is 0 Å². The number of benzene rings is 1. The highest BCUT2D eigenvalue weighted by Gasteiger charge is 2.08. The Morgan fingerprint density at radius 2 is 2.18 bits per heavy atom. The quantitative estimate of drug-likeness (QED) is 0.578. The van der Waals surface area contributed by atoms with Gasteiger partial charge in [-0.1, -0.05) is 13.3 Å². The highest BCUT2D eigenvalue weighted by Crippen LogP contribution is 2.27. The molecule has 1 unspecified atom stereocenters. The van der Waals surface area contributed by atoms with E-state index in [4.69, 9.17) is 9.47 Å². The van der Waals surface area contributed by atoms with E-state index in [1.165, 1.54) is 6.92 Å². The lowest BCUT2D eigenvalue weighted by atomic mass is 10.2. The monoisotopic (exact) mass is 310 g/mol. The summed E-state index contributed by atoms with van der Waals surface area (Å²) in [6.45, 7) is 4.84. The van der Waals surface area contributed by atoms with E-state index < -0.39 is 6.10 Å². The molecule has 0 radical (unpaired) electrons. The van der Waals surface area contributed by atoms with E-state index in [-0.39, 0.29) is 5.91 Å². The Bertz CT molecular complexity index is 465. The Labute approximate surface area is 131 Å². The van der Waals surface area contributed by atoms with Gasteiger partial charge in [-0.05, 0) is 24.6 Å². The third kappa shape index (κ3) is 6.78. The predicted molar refractivity (Wildman–Crippen MR) is 87.5 cm³/mol. The first kappa shape index (κ1) is 18.3. The lowest BCUT2D eigenvalue weighted by Gasteiger charge is -2.16. The lowest BCUT2D eigenvalue weighted by Crippen LogP contribution is -2.25. The van der Waals surface area contributed by atoms with Gasteiger partial charge in [-0.15, -0.1) is 0 Å². The van der Waals surface area contributed by atoms with Gasteiger partial charge in [0.2, 0.25) is 5.91 Å². The van der Waals surface area contributed by atoms with Crippen LogP contribution in [-0.4, -0.2) is 44.0 Å². The molecule has 0 heterocycles. The number of nitrogens with one attached hydrogen (secondary N) is 2. The van der Waals surface area contributed by atoms with E-state index in [1.807, 2.05) is 0 Å². The second kappa shape index (κ2) is 10.0. The number of rotatable bonds is 10. The van der Waals surface area contributed by atoms with Crippen molar-refractivity contribution in [1.29, 1.82) is 0 Å². The number of carbonyl (C=O) groups is 1. The largest absolute Gasteiger partial charge is 0.495 e. The van der Waals surface area contributed by atoms with E-state index in [0.717, 1.165) is 12.8 Å². The fourth-order valence-electron chi connectivity index (χ4n) is 1.88.